The van der Waals surface area contributed by atoms with Crippen LogP contribution in [0, 0.1) is 0 Å². The van der Waals surface area contributed by atoms with E-state index < -0.39 is 18.1 Å². The van der Waals surface area contributed by atoms with E-state index in [-0.39, 0.29) is 18.2 Å². The lowest BCUT2D eigenvalue weighted by atomic mass is 10.1. The molecule has 2 aromatic carbocycles. The highest BCUT2D eigenvalue weighted by molar-refractivity contribution is 7.10. The van der Waals surface area contributed by atoms with Crippen LogP contribution in [0.25, 0.3) is 0 Å². The summed E-state index contributed by atoms with van der Waals surface area (Å²) in [6.07, 6.45) is -0.999. The minimum atomic E-state index is -0.953. The van der Waals surface area contributed by atoms with Gasteiger partial charge in [0.05, 0.1) is 12.5 Å². The van der Waals surface area contributed by atoms with E-state index in [1.165, 1.54) is 18.3 Å². The van der Waals surface area contributed by atoms with Crippen LogP contribution in [0.4, 0.5) is 0 Å². The second-order valence-corrected chi connectivity index (χ2v) is 8.75. The van der Waals surface area contributed by atoms with Crippen molar-refractivity contribution in [3.8, 4) is 0 Å². The third-order valence-electron chi connectivity index (χ3n) is 5.04. The molecule has 2 unspecified atom stereocenters. The Hall–Kier alpha value is -3.45. The number of amides is 2. The largest absolute Gasteiger partial charge is 0.452 e. The van der Waals surface area contributed by atoms with Crippen LogP contribution in [0.15, 0.2) is 78.2 Å². The Bertz CT molecular complexity index is 997. The minimum Gasteiger partial charge on any atom is -0.452 e. The van der Waals surface area contributed by atoms with Gasteiger partial charge in [0.25, 0.3) is 5.91 Å². The van der Waals surface area contributed by atoms with Crippen molar-refractivity contribution in [1.29, 1.82) is 0 Å². The molecule has 172 valence electrons. The molecule has 6 nitrogen and oxygen atoms in total. The highest BCUT2D eigenvalue weighted by Crippen LogP contribution is 2.23. The monoisotopic (exact) mass is 464 g/mol. The van der Waals surface area contributed by atoms with Gasteiger partial charge >= 0.3 is 5.97 Å². The standard InChI is InChI=1S/C26H28N2O4S/c1-19(32-25(30)16-23(27-20(2)29)24-14-9-15-33-24)26(31)28(17-21-10-5-3-6-11-21)18-22-12-7-4-8-13-22/h3-15,19,23H,16-18H2,1-2H3,(H,27,29). The van der Waals surface area contributed by atoms with E-state index in [1.807, 2.05) is 78.2 Å². The Morgan fingerprint density at radius 3 is 1.97 bits per heavy atom. The molecule has 3 rings (SSSR count). The maximum absolute atomic E-state index is 13.3. The maximum Gasteiger partial charge on any atom is 0.309 e. The van der Waals surface area contributed by atoms with Crippen molar-refractivity contribution < 1.29 is 19.1 Å². The number of esters is 1. The Morgan fingerprint density at radius 1 is 0.909 bits per heavy atom. The predicted octanol–water partition coefficient (Wildman–Crippen LogP) is 4.48. The quantitative estimate of drug-likeness (QED) is 0.449. The first-order valence-corrected chi connectivity index (χ1v) is 11.7. The van der Waals surface area contributed by atoms with Crippen LogP contribution in [0.3, 0.4) is 0 Å². The van der Waals surface area contributed by atoms with Crippen molar-refractivity contribution in [2.75, 3.05) is 0 Å². The molecular formula is C26H28N2O4S. The highest BCUT2D eigenvalue weighted by Gasteiger charge is 2.26. The molecule has 2 amide bonds. The van der Waals surface area contributed by atoms with Crippen molar-refractivity contribution in [3.63, 3.8) is 0 Å². The Morgan fingerprint density at radius 2 is 1.48 bits per heavy atom. The molecule has 7 heteroatoms. The zero-order chi connectivity index (χ0) is 23.6. The van der Waals surface area contributed by atoms with Crippen molar-refractivity contribution in [3.05, 3.63) is 94.2 Å². The first-order chi connectivity index (χ1) is 15.9. The fourth-order valence-corrected chi connectivity index (χ4v) is 4.27. The van der Waals surface area contributed by atoms with Gasteiger partial charge in [-0.1, -0.05) is 66.7 Å². The molecule has 1 N–H and O–H groups in total. The van der Waals surface area contributed by atoms with Gasteiger partial charge in [-0.05, 0) is 29.5 Å². The lowest BCUT2D eigenvalue weighted by Gasteiger charge is -2.26. The van der Waals surface area contributed by atoms with Crippen LogP contribution in [0.5, 0.6) is 0 Å². The lowest BCUT2D eigenvalue weighted by Crippen LogP contribution is -2.39. The summed E-state index contributed by atoms with van der Waals surface area (Å²) in [4.78, 5) is 40.0. The third kappa shape index (κ3) is 7.57. The molecule has 33 heavy (non-hydrogen) atoms. The summed E-state index contributed by atoms with van der Waals surface area (Å²) in [5.41, 5.74) is 1.98. The number of hydrogen-bond donors (Lipinski definition) is 1. The van der Waals surface area contributed by atoms with Gasteiger partial charge in [-0.25, -0.2) is 0 Å². The van der Waals surface area contributed by atoms with Crippen LogP contribution in [-0.2, 0) is 32.2 Å². The molecule has 0 bridgehead atoms. The van der Waals surface area contributed by atoms with Crippen LogP contribution in [0.2, 0.25) is 0 Å². The van der Waals surface area contributed by atoms with Gasteiger partial charge in [0.15, 0.2) is 6.10 Å². The van der Waals surface area contributed by atoms with E-state index >= 15 is 0 Å². The molecule has 0 fully saturated rings. The van der Waals surface area contributed by atoms with Crippen LogP contribution in [-0.4, -0.2) is 28.8 Å². The van der Waals surface area contributed by atoms with Crippen molar-refractivity contribution in [2.45, 2.75) is 45.5 Å². The smallest absolute Gasteiger partial charge is 0.309 e. The van der Waals surface area contributed by atoms with Gasteiger partial charge in [0, 0.05) is 24.9 Å². The predicted molar refractivity (Wildman–Crippen MR) is 128 cm³/mol. The summed E-state index contributed by atoms with van der Waals surface area (Å²) < 4.78 is 5.50. The number of carbonyl (C=O) groups excluding carboxylic acids is 3. The zero-order valence-corrected chi connectivity index (χ0v) is 19.6. The van der Waals surface area contributed by atoms with E-state index in [2.05, 4.69) is 5.32 Å². The van der Waals surface area contributed by atoms with E-state index in [1.54, 1.807) is 11.8 Å². The summed E-state index contributed by atoms with van der Waals surface area (Å²) in [5, 5.41) is 4.66. The number of nitrogens with zero attached hydrogens (tertiary/aromatic N) is 1. The van der Waals surface area contributed by atoms with Gasteiger partial charge in [0.1, 0.15) is 0 Å². The second-order valence-electron chi connectivity index (χ2n) is 7.77. The van der Waals surface area contributed by atoms with Gasteiger partial charge in [0.2, 0.25) is 5.91 Å². The van der Waals surface area contributed by atoms with E-state index in [0.717, 1.165) is 16.0 Å². The molecule has 1 heterocycles. The number of carbonyl (C=O) groups is 3. The Balaban J connectivity index is 1.68. The van der Waals surface area contributed by atoms with Crippen LogP contribution < -0.4 is 5.32 Å². The van der Waals surface area contributed by atoms with Gasteiger partial charge in [-0.2, -0.15) is 0 Å². The van der Waals surface area contributed by atoms with Gasteiger partial charge in [-0.3, -0.25) is 14.4 Å². The van der Waals surface area contributed by atoms with E-state index in [4.69, 9.17) is 4.74 Å². The Kier molecular flexibility index (Phi) is 8.78. The van der Waals surface area contributed by atoms with E-state index in [9.17, 15) is 14.4 Å². The van der Waals surface area contributed by atoms with Crippen molar-refractivity contribution >= 4 is 29.1 Å². The van der Waals surface area contributed by atoms with Crippen molar-refractivity contribution in [2.24, 2.45) is 0 Å². The summed E-state index contributed by atoms with van der Waals surface area (Å²) in [6.45, 7) is 3.80. The van der Waals surface area contributed by atoms with Crippen LogP contribution in [0.1, 0.15) is 42.3 Å². The molecule has 0 radical (unpaired) electrons. The normalized spacial score (nSPS) is 12.4. The molecule has 1 aromatic heterocycles. The highest BCUT2D eigenvalue weighted by atomic mass is 32.1. The topological polar surface area (TPSA) is 75.7 Å². The van der Waals surface area contributed by atoms with Gasteiger partial charge < -0.3 is 15.0 Å². The first-order valence-electron chi connectivity index (χ1n) is 10.8. The average molecular weight is 465 g/mol. The SMILES string of the molecule is CC(=O)NC(CC(=O)OC(C)C(=O)N(Cc1ccccc1)Cc1ccccc1)c1cccs1. The summed E-state index contributed by atoms with van der Waals surface area (Å²) >= 11 is 1.45. The summed E-state index contributed by atoms with van der Waals surface area (Å²) in [7, 11) is 0. The lowest BCUT2D eigenvalue weighted by molar-refractivity contribution is -0.160. The number of ether oxygens (including phenoxy) is 1. The average Bonchev–Trinajstić information content (AvgIpc) is 3.34. The number of nitrogens with one attached hydrogen (secondary N) is 1. The van der Waals surface area contributed by atoms with Crippen molar-refractivity contribution in [1.82, 2.24) is 10.2 Å². The number of hydrogen-bond acceptors (Lipinski definition) is 5. The fourth-order valence-electron chi connectivity index (χ4n) is 3.50. The molecule has 2 atom stereocenters. The summed E-state index contributed by atoms with van der Waals surface area (Å²) in [5.74, 6) is -1.05. The zero-order valence-electron chi connectivity index (χ0n) is 18.8. The fraction of sp³-hybridized carbons (Fsp3) is 0.269. The third-order valence-corrected chi connectivity index (χ3v) is 6.02. The number of rotatable bonds is 10. The van der Waals surface area contributed by atoms with Crippen LogP contribution >= 0.6 is 11.3 Å². The van der Waals surface area contributed by atoms with Gasteiger partial charge in [-0.15, -0.1) is 11.3 Å². The van der Waals surface area contributed by atoms with E-state index in [0.29, 0.717) is 13.1 Å². The molecule has 0 aliphatic carbocycles. The summed E-state index contributed by atoms with van der Waals surface area (Å²) in [6, 6.07) is 22.6. The second kappa shape index (κ2) is 12.0. The first kappa shape index (κ1) is 24.2. The number of benzene rings is 2. The molecule has 0 saturated heterocycles. The molecule has 0 spiro atoms. The Labute approximate surface area is 198 Å². The maximum atomic E-state index is 13.3. The molecular weight excluding hydrogens is 436 g/mol. The number of thiophene rings is 1. The molecule has 0 saturated carbocycles. The minimum absolute atomic E-state index is 0.0465. The molecule has 0 aliphatic rings. The molecule has 0 aliphatic heterocycles. The molecule has 3 aromatic rings.